The Kier molecular flexibility index (Phi) is 8.97. The molecule has 2 aliphatic heterocycles. The van der Waals surface area contributed by atoms with Crippen molar-refractivity contribution in [3.63, 3.8) is 0 Å². The molecule has 0 saturated carbocycles. The number of piperazine rings is 1. The summed E-state index contributed by atoms with van der Waals surface area (Å²) in [4.78, 5) is 21.1. The second-order valence-corrected chi connectivity index (χ2v) is 6.10. The highest BCUT2D eigenvalue weighted by Crippen LogP contribution is 2.15. The van der Waals surface area contributed by atoms with Crippen LogP contribution in [0.25, 0.3) is 0 Å². The molecule has 0 bridgehead atoms. The molecule has 138 valence electrons. The minimum Gasteiger partial charge on any atom is -0.340 e. The molecule has 0 aromatic carbocycles. The lowest BCUT2D eigenvalue weighted by atomic mass is 9.98. The Balaban J connectivity index is 0.00000144. The summed E-state index contributed by atoms with van der Waals surface area (Å²) in [6.45, 7) is 7.94. The fourth-order valence-electron chi connectivity index (χ4n) is 3.15. The number of aromatic nitrogens is 2. The van der Waals surface area contributed by atoms with Crippen LogP contribution in [-0.4, -0.2) is 65.1 Å². The largest absolute Gasteiger partial charge is 0.340 e. The normalized spacial score (nSPS) is 21.7. The second kappa shape index (κ2) is 10.2. The molecule has 9 heteroatoms. The van der Waals surface area contributed by atoms with E-state index in [4.69, 9.17) is 4.52 Å². The first-order chi connectivity index (χ1) is 10.8. The number of hydrogen-bond acceptors (Lipinski definition) is 6. The molecule has 7 nitrogen and oxygen atoms in total. The molecule has 1 atom stereocenters. The summed E-state index contributed by atoms with van der Waals surface area (Å²) in [6, 6.07) is 0. The highest BCUT2D eigenvalue weighted by Gasteiger charge is 2.28. The monoisotopic (exact) mass is 379 g/mol. The van der Waals surface area contributed by atoms with Crippen LogP contribution in [0.1, 0.15) is 31.5 Å². The maximum atomic E-state index is 12.5. The molecular weight excluding hydrogens is 353 g/mol. The number of nitrogens with zero attached hydrogens (tertiary/aromatic N) is 4. The van der Waals surface area contributed by atoms with Gasteiger partial charge in [-0.25, -0.2) is 0 Å². The maximum Gasteiger partial charge on any atom is 0.227 e. The zero-order chi connectivity index (χ0) is 15.4. The lowest BCUT2D eigenvalue weighted by Crippen LogP contribution is -2.51. The van der Waals surface area contributed by atoms with Crippen LogP contribution in [0.4, 0.5) is 0 Å². The van der Waals surface area contributed by atoms with Gasteiger partial charge in [-0.15, -0.1) is 24.8 Å². The van der Waals surface area contributed by atoms with E-state index in [1.807, 2.05) is 11.8 Å². The van der Waals surface area contributed by atoms with Gasteiger partial charge in [-0.2, -0.15) is 4.98 Å². The zero-order valence-corrected chi connectivity index (χ0v) is 15.7. The number of carbonyl (C=O) groups excluding carboxylic acids is 1. The van der Waals surface area contributed by atoms with E-state index in [9.17, 15) is 4.79 Å². The fraction of sp³-hybridized carbons (Fsp3) is 0.800. The number of rotatable bonds is 4. The number of carbonyl (C=O) groups is 1. The van der Waals surface area contributed by atoms with Crippen LogP contribution >= 0.6 is 24.8 Å². The molecule has 1 amide bonds. The quantitative estimate of drug-likeness (QED) is 0.844. The van der Waals surface area contributed by atoms with Crippen LogP contribution in [0.15, 0.2) is 4.52 Å². The van der Waals surface area contributed by atoms with E-state index < -0.39 is 0 Å². The summed E-state index contributed by atoms with van der Waals surface area (Å²) in [7, 11) is 0. The first-order valence-corrected chi connectivity index (χ1v) is 8.29. The SMILES string of the molecule is CCc1nc(CN2CCN(C(=O)C3CCCNC3)CC2)no1.Cl.Cl. The van der Waals surface area contributed by atoms with Gasteiger partial charge in [-0.3, -0.25) is 9.69 Å². The summed E-state index contributed by atoms with van der Waals surface area (Å²) in [5.74, 6) is 1.92. The highest BCUT2D eigenvalue weighted by molar-refractivity contribution is 5.85. The van der Waals surface area contributed by atoms with Crippen molar-refractivity contribution < 1.29 is 9.32 Å². The minimum absolute atomic E-state index is 0. The van der Waals surface area contributed by atoms with Gasteiger partial charge in [0.1, 0.15) is 0 Å². The Labute approximate surface area is 155 Å². The van der Waals surface area contributed by atoms with Crippen molar-refractivity contribution in [1.82, 2.24) is 25.3 Å². The predicted molar refractivity (Wildman–Crippen MR) is 95.6 cm³/mol. The van der Waals surface area contributed by atoms with Crippen LogP contribution in [0.3, 0.4) is 0 Å². The van der Waals surface area contributed by atoms with E-state index in [0.717, 1.165) is 64.4 Å². The Morgan fingerprint density at radius 2 is 2.04 bits per heavy atom. The summed E-state index contributed by atoms with van der Waals surface area (Å²) in [5.41, 5.74) is 0. The first kappa shape index (κ1) is 21.2. The van der Waals surface area contributed by atoms with E-state index in [-0.39, 0.29) is 30.7 Å². The van der Waals surface area contributed by atoms with Crippen molar-refractivity contribution in [3.8, 4) is 0 Å². The van der Waals surface area contributed by atoms with Crippen molar-refractivity contribution >= 4 is 30.7 Å². The highest BCUT2D eigenvalue weighted by atomic mass is 35.5. The molecule has 3 heterocycles. The average Bonchev–Trinajstić information content (AvgIpc) is 3.03. The summed E-state index contributed by atoms with van der Waals surface area (Å²) >= 11 is 0. The van der Waals surface area contributed by atoms with Gasteiger partial charge < -0.3 is 14.7 Å². The fourth-order valence-corrected chi connectivity index (χ4v) is 3.15. The van der Waals surface area contributed by atoms with Crippen LogP contribution in [0.5, 0.6) is 0 Å². The van der Waals surface area contributed by atoms with Gasteiger partial charge in [0.25, 0.3) is 0 Å². The van der Waals surface area contributed by atoms with Gasteiger partial charge in [0.05, 0.1) is 12.5 Å². The Morgan fingerprint density at radius 1 is 1.29 bits per heavy atom. The smallest absolute Gasteiger partial charge is 0.227 e. The summed E-state index contributed by atoms with van der Waals surface area (Å²) in [6.07, 6.45) is 2.90. The van der Waals surface area contributed by atoms with Crippen molar-refractivity contribution in [1.29, 1.82) is 0 Å². The molecule has 1 aromatic rings. The Hall–Kier alpha value is -0.890. The van der Waals surface area contributed by atoms with Gasteiger partial charge in [0, 0.05) is 39.1 Å². The number of piperidine rings is 1. The zero-order valence-electron chi connectivity index (χ0n) is 14.1. The number of aryl methyl sites for hydroxylation is 1. The van der Waals surface area contributed by atoms with E-state index in [1.54, 1.807) is 0 Å². The minimum atomic E-state index is 0. The number of nitrogens with one attached hydrogen (secondary N) is 1. The van der Waals surface area contributed by atoms with Gasteiger partial charge >= 0.3 is 0 Å². The van der Waals surface area contributed by atoms with Crippen molar-refractivity contribution in [2.75, 3.05) is 39.3 Å². The molecule has 0 spiro atoms. The molecular formula is C15H27Cl2N5O2. The third-order valence-corrected chi connectivity index (χ3v) is 4.51. The lowest BCUT2D eigenvalue weighted by Gasteiger charge is -2.36. The van der Waals surface area contributed by atoms with Crippen molar-refractivity contribution in [3.05, 3.63) is 11.7 Å². The molecule has 24 heavy (non-hydrogen) atoms. The number of halogens is 2. The number of hydrogen-bond donors (Lipinski definition) is 1. The molecule has 2 fully saturated rings. The van der Waals surface area contributed by atoms with Gasteiger partial charge in [0.2, 0.25) is 11.8 Å². The van der Waals surface area contributed by atoms with Crippen molar-refractivity contribution in [2.45, 2.75) is 32.7 Å². The molecule has 1 unspecified atom stereocenters. The maximum absolute atomic E-state index is 12.5. The third kappa shape index (κ3) is 5.31. The van der Waals surface area contributed by atoms with Crippen LogP contribution in [-0.2, 0) is 17.8 Å². The first-order valence-electron chi connectivity index (χ1n) is 8.29. The Bertz CT molecular complexity index is 500. The van der Waals surface area contributed by atoms with E-state index >= 15 is 0 Å². The number of amides is 1. The molecule has 1 N–H and O–H groups in total. The molecule has 0 radical (unpaired) electrons. The lowest BCUT2D eigenvalue weighted by molar-refractivity contribution is -0.137. The van der Waals surface area contributed by atoms with E-state index in [0.29, 0.717) is 18.3 Å². The standard InChI is InChI=1S/C15H25N5O2.2ClH/c1-2-14-17-13(18-22-14)11-19-6-8-20(9-7-19)15(21)12-4-3-5-16-10-12;;/h12,16H,2-11H2,1H3;2*1H. The third-order valence-electron chi connectivity index (χ3n) is 4.51. The molecule has 2 aliphatic rings. The summed E-state index contributed by atoms with van der Waals surface area (Å²) < 4.78 is 5.13. The Morgan fingerprint density at radius 3 is 2.62 bits per heavy atom. The van der Waals surface area contributed by atoms with Crippen molar-refractivity contribution in [2.24, 2.45) is 5.92 Å². The van der Waals surface area contributed by atoms with Gasteiger partial charge in [-0.05, 0) is 19.4 Å². The molecule has 2 saturated heterocycles. The predicted octanol–water partition coefficient (Wildman–Crippen LogP) is 1.12. The summed E-state index contributed by atoms with van der Waals surface area (Å²) in [5, 5.41) is 7.31. The van der Waals surface area contributed by atoms with Crippen LogP contribution in [0, 0.1) is 5.92 Å². The van der Waals surface area contributed by atoms with E-state index in [2.05, 4.69) is 20.4 Å². The molecule has 1 aromatic heterocycles. The van der Waals surface area contributed by atoms with Gasteiger partial charge in [0.15, 0.2) is 5.82 Å². The van der Waals surface area contributed by atoms with Crippen LogP contribution < -0.4 is 5.32 Å². The molecule has 3 rings (SSSR count). The molecule has 0 aliphatic carbocycles. The second-order valence-electron chi connectivity index (χ2n) is 6.10. The van der Waals surface area contributed by atoms with Crippen LogP contribution in [0.2, 0.25) is 0 Å². The topological polar surface area (TPSA) is 74.5 Å². The average molecular weight is 380 g/mol. The van der Waals surface area contributed by atoms with Gasteiger partial charge in [-0.1, -0.05) is 12.1 Å². The van der Waals surface area contributed by atoms with E-state index in [1.165, 1.54) is 0 Å².